The Morgan fingerprint density at radius 2 is 1.73 bits per heavy atom. The van der Waals surface area contributed by atoms with Gasteiger partial charge in [0, 0.05) is 23.4 Å². The molecule has 226 valence electrons. The summed E-state index contributed by atoms with van der Waals surface area (Å²) < 4.78 is 5.70. The van der Waals surface area contributed by atoms with Crippen molar-refractivity contribution in [3.8, 4) is 0 Å². The van der Waals surface area contributed by atoms with E-state index in [1.165, 1.54) is 17.6 Å². The molecule has 2 aliphatic rings. The van der Waals surface area contributed by atoms with Gasteiger partial charge in [0.15, 0.2) is 5.78 Å². The van der Waals surface area contributed by atoms with E-state index in [1.807, 2.05) is 19.2 Å². The smallest absolute Gasteiger partial charge is 0.225 e. The van der Waals surface area contributed by atoms with Crippen LogP contribution in [0.4, 0.5) is 0 Å². The van der Waals surface area contributed by atoms with Gasteiger partial charge in [0.25, 0.3) is 0 Å². The number of carbonyl (C=O) groups excluding carboxylic acids is 2. The number of amides is 1. The number of carbonyl (C=O) groups is 2. The highest BCUT2D eigenvalue weighted by Crippen LogP contribution is 2.66. The van der Waals surface area contributed by atoms with Crippen molar-refractivity contribution in [2.24, 2.45) is 33.0 Å². The van der Waals surface area contributed by atoms with E-state index in [2.05, 4.69) is 72.8 Å². The van der Waals surface area contributed by atoms with Gasteiger partial charge in [0.1, 0.15) is 5.76 Å². The summed E-state index contributed by atoms with van der Waals surface area (Å²) in [6.07, 6.45) is 12.9. The van der Waals surface area contributed by atoms with E-state index in [0.717, 1.165) is 57.1 Å². The van der Waals surface area contributed by atoms with Gasteiger partial charge >= 0.3 is 0 Å². The van der Waals surface area contributed by atoms with Crippen molar-refractivity contribution in [3.05, 3.63) is 29.2 Å². The molecule has 2 aliphatic carbocycles. The van der Waals surface area contributed by atoms with Crippen LogP contribution in [0, 0.1) is 33.0 Å². The van der Waals surface area contributed by atoms with Gasteiger partial charge in [0.2, 0.25) is 5.91 Å². The second-order valence-electron chi connectivity index (χ2n) is 15.5. The summed E-state index contributed by atoms with van der Waals surface area (Å²) in [5, 5.41) is 7.31. The highest BCUT2D eigenvalue weighted by molar-refractivity contribution is 5.88. The normalized spacial score (nSPS) is 29.4. The predicted molar refractivity (Wildman–Crippen MR) is 164 cm³/mol. The molecule has 1 aromatic rings. The number of nitrogens with one attached hydrogen (secondary N) is 1. The molecule has 0 bridgehead atoms. The maximum absolute atomic E-state index is 13.5. The summed E-state index contributed by atoms with van der Waals surface area (Å²) in [4.78, 5) is 26.3. The molecule has 1 N–H and O–H groups in total. The minimum Gasteiger partial charge on any atom is -0.361 e. The van der Waals surface area contributed by atoms with Crippen LogP contribution in [0.5, 0.6) is 0 Å². The number of allylic oxidation sites excluding steroid dienone is 2. The fourth-order valence-corrected chi connectivity index (χ4v) is 8.35. The SMILES string of the molecule is CCCC(C)(C)CC[C@@](C)(CCC(C)(C)[C@]1(C)CC[C@H]2[C@H](C)c3oncc3C[C@]2(C)/C1=C/C(C)=O)C(=O)NCC. The van der Waals surface area contributed by atoms with Crippen LogP contribution in [-0.4, -0.2) is 23.4 Å². The van der Waals surface area contributed by atoms with Crippen LogP contribution in [0.15, 0.2) is 22.4 Å². The van der Waals surface area contributed by atoms with Gasteiger partial charge in [0.05, 0.1) is 6.20 Å². The quantitative estimate of drug-likeness (QED) is 0.262. The summed E-state index contributed by atoms with van der Waals surface area (Å²) in [5.41, 5.74) is 1.87. The lowest BCUT2D eigenvalue weighted by Gasteiger charge is -2.60. The summed E-state index contributed by atoms with van der Waals surface area (Å²) in [6, 6.07) is 0. The Labute approximate surface area is 244 Å². The Kier molecular flexibility index (Phi) is 9.59. The minimum absolute atomic E-state index is 0.104. The summed E-state index contributed by atoms with van der Waals surface area (Å²) in [5.74, 6) is 2.00. The van der Waals surface area contributed by atoms with E-state index < -0.39 is 5.41 Å². The van der Waals surface area contributed by atoms with Crippen LogP contribution in [0.25, 0.3) is 0 Å². The minimum atomic E-state index is -0.420. The van der Waals surface area contributed by atoms with Gasteiger partial charge in [-0.25, -0.2) is 0 Å². The maximum Gasteiger partial charge on any atom is 0.225 e. The Balaban J connectivity index is 1.95. The predicted octanol–water partition coefficient (Wildman–Crippen LogP) is 8.83. The average Bonchev–Trinajstić information content (AvgIpc) is 3.32. The van der Waals surface area contributed by atoms with Crippen molar-refractivity contribution in [2.75, 3.05) is 6.54 Å². The van der Waals surface area contributed by atoms with E-state index in [0.29, 0.717) is 12.5 Å². The molecule has 0 saturated heterocycles. The van der Waals surface area contributed by atoms with Crippen LogP contribution in [0.2, 0.25) is 0 Å². The lowest BCUT2D eigenvalue weighted by Crippen LogP contribution is -2.52. The van der Waals surface area contributed by atoms with E-state index in [-0.39, 0.29) is 39.3 Å². The van der Waals surface area contributed by atoms with E-state index in [4.69, 9.17) is 4.52 Å². The first-order chi connectivity index (χ1) is 18.5. The van der Waals surface area contributed by atoms with E-state index in [1.54, 1.807) is 6.92 Å². The summed E-state index contributed by atoms with van der Waals surface area (Å²) >= 11 is 0. The van der Waals surface area contributed by atoms with Crippen LogP contribution in [0.3, 0.4) is 0 Å². The zero-order chi connectivity index (χ0) is 30.1. The molecule has 1 amide bonds. The lowest BCUT2D eigenvalue weighted by molar-refractivity contribution is -0.132. The Hall–Kier alpha value is -1.91. The van der Waals surface area contributed by atoms with Crippen molar-refractivity contribution in [2.45, 2.75) is 140 Å². The molecule has 0 spiro atoms. The number of rotatable bonds is 12. The van der Waals surface area contributed by atoms with Crippen LogP contribution < -0.4 is 5.32 Å². The van der Waals surface area contributed by atoms with Crippen molar-refractivity contribution in [1.29, 1.82) is 0 Å². The first-order valence-corrected chi connectivity index (χ1v) is 15.9. The molecule has 1 heterocycles. The van der Waals surface area contributed by atoms with Crippen LogP contribution in [-0.2, 0) is 16.0 Å². The van der Waals surface area contributed by atoms with Crippen LogP contribution in [0.1, 0.15) is 145 Å². The number of nitrogens with zero attached hydrogens (tertiary/aromatic N) is 1. The lowest BCUT2D eigenvalue weighted by atomic mass is 9.43. The highest BCUT2D eigenvalue weighted by Gasteiger charge is 2.58. The van der Waals surface area contributed by atoms with Crippen molar-refractivity contribution in [1.82, 2.24) is 10.5 Å². The van der Waals surface area contributed by atoms with Gasteiger partial charge in [-0.3, -0.25) is 9.59 Å². The number of hydrogen-bond acceptors (Lipinski definition) is 4. The van der Waals surface area contributed by atoms with E-state index >= 15 is 0 Å². The second kappa shape index (κ2) is 11.8. The zero-order valence-corrected chi connectivity index (χ0v) is 27.6. The largest absolute Gasteiger partial charge is 0.361 e. The molecule has 0 aromatic carbocycles. The molecule has 5 heteroatoms. The van der Waals surface area contributed by atoms with Gasteiger partial charge < -0.3 is 9.84 Å². The standard InChI is InChI=1S/C35H58N2O3/c1-12-15-31(5,6)17-19-33(9,30(39)36-13-2)20-18-32(7,8)35(11)16-14-27-25(4)29-26(23-37-40-29)22-34(27,10)28(35)21-24(3)38/h21,23,25,27H,12-20,22H2,1-11H3,(H,36,39)/b28-21-/t25-,27-,33-,34-,35+/m0/s1. The molecule has 5 nitrogen and oxygen atoms in total. The molecular weight excluding hydrogens is 496 g/mol. The van der Waals surface area contributed by atoms with Crippen molar-refractivity contribution in [3.63, 3.8) is 0 Å². The van der Waals surface area contributed by atoms with Gasteiger partial charge in [-0.15, -0.1) is 0 Å². The Morgan fingerprint density at radius 1 is 1.07 bits per heavy atom. The molecule has 0 radical (unpaired) electrons. The first-order valence-electron chi connectivity index (χ1n) is 15.9. The molecule has 40 heavy (non-hydrogen) atoms. The molecular formula is C35H58N2O3. The topological polar surface area (TPSA) is 72.2 Å². The number of fused-ring (bicyclic) bond motifs is 2. The second-order valence-corrected chi connectivity index (χ2v) is 15.5. The fraction of sp³-hybridized carbons (Fsp3) is 0.800. The molecule has 0 aliphatic heterocycles. The first kappa shape index (κ1) is 32.6. The van der Waals surface area contributed by atoms with Gasteiger partial charge in [-0.2, -0.15) is 0 Å². The molecule has 3 rings (SSSR count). The number of ketones is 1. The average molecular weight is 555 g/mol. The monoisotopic (exact) mass is 554 g/mol. The molecule has 1 aromatic heterocycles. The molecule has 1 saturated carbocycles. The Morgan fingerprint density at radius 3 is 2.33 bits per heavy atom. The van der Waals surface area contributed by atoms with Crippen molar-refractivity contribution >= 4 is 11.7 Å². The third-order valence-electron chi connectivity index (χ3n) is 11.5. The third-order valence-corrected chi connectivity index (χ3v) is 11.5. The Bertz CT molecular complexity index is 1100. The van der Waals surface area contributed by atoms with Gasteiger partial charge in [-0.1, -0.05) is 79.5 Å². The summed E-state index contributed by atoms with van der Waals surface area (Å²) in [7, 11) is 0. The van der Waals surface area contributed by atoms with E-state index in [9.17, 15) is 9.59 Å². The molecule has 0 unspecified atom stereocenters. The highest BCUT2D eigenvalue weighted by atomic mass is 16.5. The van der Waals surface area contributed by atoms with Gasteiger partial charge in [-0.05, 0) is 98.9 Å². The zero-order valence-electron chi connectivity index (χ0n) is 27.6. The third kappa shape index (κ3) is 6.14. The number of hydrogen-bond donors (Lipinski definition) is 1. The van der Waals surface area contributed by atoms with Crippen LogP contribution >= 0.6 is 0 Å². The molecule has 5 atom stereocenters. The maximum atomic E-state index is 13.5. The molecule has 1 fully saturated rings. The summed E-state index contributed by atoms with van der Waals surface area (Å²) in [6.45, 7) is 25.2. The number of aromatic nitrogens is 1. The fourth-order valence-electron chi connectivity index (χ4n) is 8.35. The van der Waals surface area contributed by atoms with Crippen molar-refractivity contribution < 1.29 is 14.1 Å².